The van der Waals surface area contributed by atoms with Gasteiger partial charge in [-0.1, -0.05) is 58.0 Å². The van der Waals surface area contributed by atoms with Crippen LogP contribution in [0.1, 0.15) is 58.3 Å². The molecule has 0 spiro atoms. The molecule has 1 aromatic heterocycles. The minimum Gasteiger partial charge on any atom is -0.467 e. The van der Waals surface area contributed by atoms with Gasteiger partial charge in [-0.15, -0.1) is 0 Å². The first kappa shape index (κ1) is 27.6. The van der Waals surface area contributed by atoms with E-state index in [-0.39, 0.29) is 54.3 Å². The average Bonchev–Trinajstić information content (AvgIpc) is 3.48. The van der Waals surface area contributed by atoms with Gasteiger partial charge in [-0.3, -0.25) is 9.59 Å². The van der Waals surface area contributed by atoms with Crippen LogP contribution in [0.4, 0.5) is 0 Å². The third kappa shape index (κ3) is 5.70. The Bertz CT molecular complexity index is 1190. The number of amides is 1. The second-order valence-corrected chi connectivity index (χ2v) is 13.7. The van der Waals surface area contributed by atoms with Crippen molar-refractivity contribution in [1.82, 2.24) is 9.21 Å². The molecule has 4 rings (SSSR count). The first-order chi connectivity index (χ1) is 17.4. The molecule has 0 N–H and O–H groups in total. The highest BCUT2D eigenvalue weighted by Crippen LogP contribution is 2.64. The smallest absolute Gasteiger partial charge is 0.238 e. The summed E-state index contributed by atoms with van der Waals surface area (Å²) in [5.74, 6) is 0.494. The minimum absolute atomic E-state index is 0.0338. The summed E-state index contributed by atoms with van der Waals surface area (Å²) in [4.78, 5) is 28.4. The molecule has 8 heteroatoms. The van der Waals surface area contributed by atoms with Crippen LogP contribution in [0.2, 0.25) is 0 Å². The standard InChI is InChI=1S/C29H40N2O5S/c1-22(2)18-31(37(34,35)21-29-14-12-24(17-26(29)32)28(29,3)4)20-27(33)30(19-25-11-8-16-36-25)15-13-23-9-6-5-7-10-23/h5-11,16,22,24H,12-15,17-21H2,1-4H3. The number of hydrogen-bond donors (Lipinski definition) is 0. The molecule has 1 amide bonds. The summed E-state index contributed by atoms with van der Waals surface area (Å²) in [5.41, 5.74) is -0.120. The van der Waals surface area contributed by atoms with Crippen LogP contribution in [-0.2, 0) is 32.6 Å². The fraction of sp³-hybridized carbons (Fsp3) is 0.586. The number of ketones is 1. The van der Waals surface area contributed by atoms with Crippen molar-refractivity contribution in [3.05, 3.63) is 60.1 Å². The third-order valence-electron chi connectivity index (χ3n) is 8.63. The normalized spacial score (nSPS) is 22.8. The molecule has 0 saturated heterocycles. The van der Waals surface area contributed by atoms with Crippen molar-refractivity contribution < 1.29 is 22.4 Å². The van der Waals surface area contributed by atoms with Crippen LogP contribution in [0, 0.1) is 22.7 Å². The SMILES string of the molecule is CC(C)CN(CC(=O)N(CCc1ccccc1)Cc1ccco1)S(=O)(=O)CC12CCC(CC1=O)C2(C)C. The summed E-state index contributed by atoms with van der Waals surface area (Å²) in [6.45, 7) is 8.66. The molecule has 2 atom stereocenters. The van der Waals surface area contributed by atoms with E-state index in [1.807, 2.05) is 64.1 Å². The second kappa shape index (κ2) is 10.7. The zero-order chi connectivity index (χ0) is 26.8. The first-order valence-electron chi connectivity index (χ1n) is 13.3. The quantitative estimate of drug-likeness (QED) is 0.404. The van der Waals surface area contributed by atoms with Crippen molar-refractivity contribution >= 4 is 21.7 Å². The number of fused-ring (bicyclic) bond motifs is 2. The van der Waals surface area contributed by atoms with Gasteiger partial charge >= 0.3 is 0 Å². The van der Waals surface area contributed by atoms with Gasteiger partial charge in [0.15, 0.2) is 0 Å². The molecular formula is C29H40N2O5S. The lowest BCUT2D eigenvalue weighted by Crippen LogP contribution is -2.50. The summed E-state index contributed by atoms with van der Waals surface area (Å²) >= 11 is 0. The number of sulfonamides is 1. The summed E-state index contributed by atoms with van der Waals surface area (Å²) < 4.78 is 34.6. The Morgan fingerprint density at radius 3 is 2.43 bits per heavy atom. The van der Waals surface area contributed by atoms with E-state index in [4.69, 9.17) is 4.42 Å². The molecule has 1 aromatic carbocycles. The Kier molecular flexibility index (Phi) is 8.00. The van der Waals surface area contributed by atoms with Crippen molar-refractivity contribution in [2.75, 3.05) is 25.4 Å². The Hall–Kier alpha value is -2.45. The molecule has 37 heavy (non-hydrogen) atoms. The second-order valence-electron chi connectivity index (χ2n) is 11.7. The lowest BCUT2D eigenvalue weighted by molar-refractivity contribution is -0.132. The van der Waals surface area contributed by atoms with E-state index in [1.165, 1.54) is 4.31 Å². The number of hydrogen-bond acceptors (Lipinski definition) is 5. The van der Waals surface area contributed by atoms with Gasteiger partial charge in [0, 0.05) is 24.9 Å². The number of carbonyl (C=O) groups excluding carboxylic acids is 2. The third-order valence-corrected chi connectivity index (χ3v) is 10.6. The molecule has 2 aromatic rings. The van der Waals surface area contributed by atoms with E-state index in [9.17, 15) is 18.0 Å². The van der Waals surface area contributed by atoms with Gasteiger partial charge < -0.3 is 9.32 Å². The number of rotatable bonds is 12. The zero-order valence-corrected chi connectivity index (χ0v) is 23.3. The molecule has 0 radical (unpaired) electrons. The number of carbonyl (C=O) groups is 2. The fourth-order valence-corrected chi connectivity index (χ4v) is 8.55. The Labute approximate surface area is 221 Å². The van der Waals surface area contributed by atoms with E-state index < -0.39 is 15.4 Å². The molecule has 2 aliphatic carbocycles. The lowest BCUT2D eigenvalue weighted by atomic mass is 9.70. The van der Waals surface area contributed by atoms with Gasteiger partial charge in [-0.05, 0) is 54.2 Å². The van der Waals surface area contributed by atoms with Gasteiger partial charge in [0.05, 0.1) is 25.1 Å². The summed E-state index contributed by atoms with van der Waals surface area (Å²) in [5, 5.41) is 0. The first-order valence-corrected chi connectivity index (χ1v) is 14.9. The molecule has 2 fully saturated rings. The van der Waals surface area contributed by atoms with Gasteiger partial charge in [-0.25, -0.2) is 8.42 Å². The van der Waals surface area contributed by atoms with E-state index >= 15 is 0 Å². The Morgan fingerprint density at radius 2 is 1.86 bits per heavy atom. The average molecular weight is 529 g/mol. The summed E-state index contributed by atoms with van der Waals surface area (Å²) in [6, 6.07) is 13.5. The van der Waals surface area contributed by atoms with Crippen LogP contribution in [-0.4, -0.2) is 54.7 Å². The molecule has 2 saturated carbocycles. The largest absolute Gasteiger partial charge is 0.467 e. The van der Waals surface area contributed by atoms with E-state index in [0.29, 0.717) is 31.6 Å². The number of benzene rings is 1. The maximum atomic E-state index is 13.9. The number of Topliss-reactive ketones (excluding diaryl/α,β-unsaturated/α-hetero) is 1. The predicted molar refractivity (Wildman–Crippen MR) is 143 cm³/mol. The summed E-state index contributed by atoms with van der Waals surface area (Å²) in [6.07, 6.45) is 4.17. The highest BCUT2D eigenvalue weighted by atomic mass is 32.2. The Morgan fingerprint density at radius 1 is 1.14 bits per heavy atom. The molecular weight excluding hydrogens is 488 g/mol. The van der Waals surface area contributed by atoms with Crippen molar-refractivity contribution in [2.24, 2.45) is 22.7 Å². The van der Waals surface area contributed by atoms with Crippen LogP contribution in [0.25, 0.3) is 0 Å². The topological polar surface area (TPSA) is 87.9 Å². The van der Waals surface area contributed by atoms with Crippen molar-refractivity contribution in [3.63, 3.8) is 0 Å². The highest BCUT2D eigenvalue weighted by molar-refractivity contribution is 7.89. The maximum Gasteiger partial charge on any atom is 0.238 e. The van der Waals surface area contributed by atoms with Crippen molar-refractivity contribution in [3.8, 4) is 0 Å². The van der Waals surface area contributed by atoms with Gasteiger partial charge in [0.1, 0.15) is 11.5 Å². The molecule has 7 nitrogen and oxygen atoms in total. The fourth-order valence-electron chi connectivity index (χ4n) is 6.24. The molecule has 0 aliphatic heterocycles. The molecule has 2 bridgehead atoms. The van der Waals surface area contributed by atoms with Crippen molar-refractivity contribution in [2.45, 2.75) is 59.9 Å². The number of furan rings is 1. The van der Waals surface area contributed by atoms with E-state index in [0.717, 1.165) is 12.0 Å². The van der Waals surface area contributed by atoms with Crippen LogP contribution in [0.15, 0.2) is 53.1 Å². The Balaban J connectivity index is 1.54. The van der Waals surface area contributed by atoms with Crippen LogP contribution < -0.4 is 0 Å². The van der Waals surface area contributed by atoms with Gasteiger partial charge in [-0.2, -0.15) is 4.31 Å². The van der Waals surface area contributed by atoms with Crippen LogP contribution >= 0.6 is 0 Å². The molecule has 2 unspecified atom stereocenters. The summed E-state index contributed by atoms with van der Waals surface area (Å²) in [7, 11) is -3.86. The van der Waals surface area contributed by atoms with Gasteiger partial charge in [0.2, 0.25) is 15.9 Å². The molecule has 2 aliphatic rings. The molecule has 202 valence electrons. The van der Waals surface area contributed by atoms with E-state index in [1.54, 1.807) is 17.2 Å². The van der Waals surface area contributed by atoms with E-state index in [2.05, 4.69) is 0 Å². The van der Waals surface area contributed by atoms with Crippen LogP contribution in [0.5, 0.6) is 0 Å². The predicted octanol–water partition coefficient (Wildman–Crippen LogP) is 4.53. The van der Waals surface area contributed by atoms with Crippen molar-refractivity contribution in [1.29, 1.82) is 0 Å². The zero-order valence-electron chi connectivity index (χ0n) is 22.5. The highest BCUT2D eigenvalue weighted by Gasteiger charge is 2.65. The monoisotopic (exact) mass is 528 g/mol. The lowest BCUT2D eigenvalue weighted by Gasteiger charge is -2.38. The van der Waals surface area contributed by atoms with Gasteiger partial charge in [0.25, 0.3) is 0 Å². The number of nitrogens with zero attached hydrogens (tertiary/aromatic N) is 2. The maximum absolute atomic E-state index is 13.9. The van der Waals surface area contributed by atoms with Crippen LogP contribution in [0.3, 0.4) is 0 Å². The minimum atomic E-state index is -3.86. The molecule has 1 heterocycles.